The standard InChI is InChI=1S/C10H20N2O/c1-10(2)6-12-9(13-7-10)8-4-3-5-11-8/h8-9,11-12H,3-7H2,1-2H3. The molecule has 2 heterocycles. The van der Waals surface area contributed by atoms with E-state index in [1.54, 1.807) is 0 Å². The van der Waals surface area contributed by atoms with Crippen LogP contribution in [0.2, 0.25) is 0 Å². The zero-order chi connectivity index (χ0) is 9.31. The zero-order valence-corrected chi connectivity index (χ0v) is 8.60. The molecule has 2 saturated heterocycles. The molecule has 76 valence electrons. The van der Waals surface area contributed by atoms with E-state index in [0.717, 1.165) is 19.7 Å². The van der Waals surface area contributed by atoms with Crippen LogP contribution in [0.25, 0.3) is 0 Å². The van der Waals surface area contributed by atoms with Crippen LogP contribution in [0.4, 0.5) is 0 Å². The Morgan fingerprint density at radius 2 is 2.15 bits per heavy atom. The maximum absolute atomic E-state index is 5.80. The molecule has 2 N–H and O–H groups in total. The molecule has 2 aliphatic heterocycles. The molecule has 0 radical (unpaired) electrons. The lowest BCUT2D eigenvalue weighted by atomic mass is 9.93. The van der Waals surface area contributed by atoms with Gasteiger partial charge in [0.25, 0.3) is 0 Å². The summed E-state index contributed by atoms with van der Waals surface area (Å²) in [5.41, 5.74) is 0.301. The van der Waals surface area contributed by atoms with Crippen LogP contribution >= 0.6 is 0 Å². The summed E-state index contributed by atoms with van der Waals surface area (Å²) in [6, 6.07) is 0.538. The van der Waals surface area contributed by atoms with Crippen molar-refractivity contribution in [2.45, 2.75) is 39.0 Å². The molecule has 0 bridgehead atoms. The van der Waals surface area contributed by atoms with Crippen LogP contribution < -0.4 is 10.6 Å². The third kappa shape index (κ3) is 2.22. The SMILES string of the molecule is CC1(C)CNC(C2CCCN2)OC1. The van der Waals surface area contributed by atoms with E-state index in [-0.39, 0.29) is 6.23 Å². The van der Waals surface area contributed by atoms with Gasteiger partial charge in [0.2, 0.25) is 0 Å². The lowest BCUT2D eigenvalue weighted by Crippen LogP contribution is -2.55. The normalized spacial score (nSPS) is 39.2. The van der Waals surface area contributed by atoms with Gasteiger partial charge >= 0.3 is 0 Å². The lowest BCUT2D eigenvalue weighted by Gasteiger charge is -2.38. The summed E-state index contributed by atoms with van der Waals surface area (Å²) >= 11 is 0. The Labute approximate surface area is 80.2 Å². The fourth-order valence-corrected chi connectivity index (χ4v) is 2.03. The minimum Gasteiger partial charge on any atom is -0.361 e. The van der Waals surface area contributed by atoms with E-state index in [9.17, 15) is 0 Å². The maximum atomic E-state index is 5.80. The summed E-state index contributed by atoms with van der Waals surface area (Å²) in [4.78, 5) is 0. The van der Waals surface area contributed by atoms with Crippen molar-refractivity contribution >= 4 is 0 Å². The van der Waals surface area contributed by atoms with E-state index in [2.05, 4.69) is 24.5 Å². The molecule has 0 aromatic rings. The smallest absolute Gasteiger partial charge is 0.123 e. The number of rotatable bonds is 1. The summed E-state index contributed by atoms with van der Waals surface area (Å²) in [6.45, 7) is 7.56. The van der Waals surface area contributed by atoms with Gasteiger partial charge in [-0.25, -0.2) is 0 Å². The summed E-state index contributed by atoms with van der Waals surface area (Å²) in [5, 5.41) is 6.93. The van der Waals surface area contributed by atoms with Crippen LogP contribution in [0.5, 0.6) is 0 Å². The summed E-state index contributed by atoms with van der Waals surface area (Å²) in [5.74, 6) is 0. The molecular weight excluding hydrogens is 164 g/mol. The van der Waals surface area contributed by atoms with Crippen LogP contribution in [0.1, 0.15) is 26.7 Å². The average molecular weight is 184 g/mol. The molecule has 0 amide bonds. The van der Waals surface area contributed by atoms with Gasteiger partial charge in [-0.05, 0) is 19.4 Å². The van der Waals surface area contributed by atoms with Crippen molar-refractivity contribution < 1.29 is 4.74 Å². The molecule has 2 aliphatic rings. The molecule has 13 heavy (non-hydrogen) atoms. The van der Waals surface area contributed by atoms with Gasteiger partial charge in [-0.1, -0.05) is 13.8 Å². The third-order valence-electron chi connectivity index (χ3n) is 2.90. The Kier molecular flexibility index (Phi) is 2.58. The fraction of sp³-hybridized carbons (Fsp3) is 1.00. The van der Waals surface area contributed by atoms with Gasteiger partial charge in [0.15, 0.2) is 0 Å². The Morgan fingerprint density at radius 3 is 2.69 bits per heavy atom. The summed E-state index contributed by atoms with van der Waals surface area (Å²) < 4.78 is 5.80. The van der Waals surface area contributed by atoms with Crippen molar-refractivity contribution in [1.82, 2.24) is 10.6 Å². The van der Waals surface area contributed by atoms with Crippen LogP contribution in [-0.4, -0.2) is 32.0 Å². The van der Waals surface area contributed by atoms with Gasteiger partial charge in [-0.15, -0.1) is 0 Å². The van der Waals surface area contributed by atoms with Gasteiger partial charge in [0.1, 0.15) is 6.23 Å². The monoisotopic (exact) mass is 184 g/mol. The van der Waals surface area contributed by atoms with E-state index in [0.29, 0.717) is 11.5 Å². The molecule has 3 nitrogen and oxygen atoms in total. The maximum Gasteiger partial charge on any atom is 0.123 e. The lowest BCUT2D eigenvalue weighted by molar-refractivity contribution is -0.0713. The van der Waals surface area contributed by atoms with Gasteiger partial charge < -0.3 is 10.1 Å². The van der Waals surface area contributed by atoms with Crippen LogP contribution in [-0.2, 0) is 4.74 Å². The predicted octanol–water partition coefficient (Wildman–Crippen LogP) is 0.710. The second-order valence-corrected chi connectivity index (χ2v) is 4.98. The minimum atomic E-state index is 0.246. The number of ether oxygens (including phenoxy) is 1. The minimum absolute atomic E-state index is 0.246. The Balaban J connectivity index is 1.83. The first-order chi connectivity index (χ1) is 6.17. The van der Waals surface area contributed by atoms with Crippen molar-refractivity contribution in [3.63, 3.8) is 0 Å². The van der Waals surface area contributed by atoms with Crippen molar-refractivity contribution in [2.24, 2.45) is 5.41 Å². The molecule has 0 aromatic heterocycles. The van der Waals surface area contributed by atoms with Crippen LogP contribution in [0.3, 0.4) is 0 Å². The van der Waals surface area contributed by atoms with E-state index < -0.39 is 0 Å². The highest BCUT2D eigenvalue weighted by Gasteiger charge is 2.32. The number of hydrogen-bond acceptors (Lipinski definition) is 3. The second-order valence-electron chi connectivity index (χ2n) is 4.98. The molecular formula is C10H20N2O. The number of hydrogen-bond donors (Lipinski definition) is 2. The first-order valence-corrected chi connectivity index (χ1v) is 5.26. The van der Waals surface area contributed by atoms with Crippen LogP contribution in [0, 0.1) is 5.41 Å². The topological polar surface area (TPSA) is 33.3 Å². The Hall–Kier alpha value is -0.120. The molecule has 2 fully saturated rings. The van der Waals surface area contributed by atoms with Crippen molar-refractivity contribution in [3.05, 3.63) is 0 Å². The van der Waals surface area contributed by atoms with E-state index in [1.165, 1.54) is 12.8 Å². The predicted molar refractivity (Wildman–Crippen MR) is 52.5 cm³/mol. The highest BCUT2D eigenvalue weighted by molar-refractivity contribution is 4.86. The largest absolute Gasteiger partial charge is 0.361 e. The highest BCUT2D eigenvalue weighted by atomic mass is 16.5. The first-order valence-electron chi connectivity index (χ1n) is 5.26. The fourth-order valence-electron chi connectivity index (χ4n) is 2.03. The Morgan fingerprint density at radius 1 is 1.31 bits per heavy atom. The average Bonchev–Trinajstić information content (AvgIpc) is 2.56. The molecule has 0 aromatic carbocycles. The van der Waals surface area contributed by atoms with Crippen molar-refractivity contribution in [2.75, 3.05) is 19.7 Å². The van der Waals surface area contributed by atoms with E-state index >= 15 is 0 Å². The molecule has 0 saturated carbocycles. The third-order valence-corrected chi connectivity index (χ3v) is 2.90. The van der Waals surface area contributed by atoms with Gasteiger partial charge in [0.05, 0.1) is 6.61 Å². The zero-order valence-electron chi connectivity index (χ0n) is 8.60. The van der Waals surface area contributed by atoms with Gasteiger partial charge in [-0.2, -0.15) is 0 Å². The van der Waals surface area contributed by atoms with E-state index in [1.807, 2.05) is 0 Å². The Bertz CT molecular complexity index is 166. The van der Waals surface area contributed by atoms with Crippen molar-refractivity contribution in [1.29, 1.82) is 0 Å². The highest BCUT2D eigenvalue weighted by Crippen LogP contribution is 2.22. The molecule has 0 aliphatic carbocycles. The molecule has 2 atom stereocenters. The second kappa shape index (κ2) is 3.56. The molecule has 2 unspecified atom stereocenters. The summed E-state index contributed by atoms with van der Waals surface area (Å²) in [7, 11) is 0. The first kappa shape index (κ1) is 9.44. The quantitative estimate of drug-likeness (QED) is 0.629. The van der Waals surface area contributed by atoms with E-state index in [4.69, 9.17) is 4.74 Å². The van der Waals surface area contributed by atoms with Gasteiger partial charge in [-0.3, -0.25) is 5.32 Å². The molecule has 3 heteroatoms. The molecule has 2 rings (SSSR count). The van der Waals surface area contributed by atoms with Crippen molar-refractivity contribution in [3.8, 4) is 0 Å². The van der Waals surface area contributed by atoms with Crippen LogP contribution in [0.15, 0.2) is 0 Å². The summed E-state index contributed by atoms with van der Waals surface area (Å²) in [6.07, 6.45) is 2.78. The van der Waals surface area contributed by atoms with Gasteiger partial charge in [0, 0.05) is 18.0 Å². The molecule has 0 spiro atoms. The number of nitrogens with one attached hydrogen (secondary N) is 2.